The molecule has 7 heteroatoms. The molecular weight excluding hydrogens is 353 g/mol. The maximum Gasteiger partial charge on any atom is 0.340 e. The van der Waals surface area contributed by atoms with Crippen LogP contribution >= 0.6 is 11.3 Å². The summed E-state index contributed by atoms with van der Waals surface area (Å²) in [5.41, 5.74) is 4.63. The molecule has 5 nitrogen and oxygen atoms in total. The lowest BCUT2D eigenvalue weighted by Gasteiger charge is -2.05. The number of rotatable bonds is 6. The Balaban J connectivity index is 1.81. The minimum absolute atomic E-state index is 0.255. The third-order valence-corrected chi connectivity index (χ3v) is 4.77. The lowest BCUT2D eigenvalue weighted by atomic mass is 10.1. The molecule has 0 spiro atoms. The number of esters is 1. The van der Waals surface area contributed by atoms with Crippen molar-refractivity contribution in [1.82, 2.24) is 9.97 Å². The fraction of sp³-hybridized carbons (Fsp3) is 0.263. The van der Waals surface area contributed by atoms with Gasteiger partial charge in [-0.15, -0.1) is 11.3 Å². The van der Waals surface area contributed by atoms with Crippen LogP contribution in [-0.4, -0.2) is 22.5 Å². The number of anilines is 1. The highest BCUT2D eigenvalue weighted by Crippen LogP contribution is 2.33. The van der Waals surface area contributed by atoms with Crippen molar-refractivity contribution in [1.29, 1.82) is 0 Å². The molecule has 0 amide bonds. The zero-order chi connectivity index (χ0) is 18.7. The van der Waals surface area contributed by atoms with E-state index in [-0.39, 0.29) is 11.8 Å². The van der Waals surface area contributed by atoms with Gasteiger partial charge in [-0.05, 0) is 38.5 Å². The van der Waals surface area contributed by atoms with Crippen LogP contribution in [0, 0.1) is 19.7 Å². The minimum atomic E-state index is -0.349. The summed E-state index contributed by atoms with van der Waals surface area (Å²) in [7, 11) is 0. The van der Waals surface area contributed by atoms with Crippen molar-refractivity contribution in [2.45, 2.75) is 27.3 Å². The average molecular weight is 373 g/mol. The number of hydrogen-bond donors (Lipinski definition) is 2. The smallest absolute Gasteiger partial charge is 0.340 e. The van der Waals surface area contributed by atoms with Crippen LogP contribution in [0.5, 0.6) is 0 Å². The second-order valence-corrected chi connectivity index (χ2v) is 6.72. The summed E-state index contributed by atoms with van der Waals surface area (Å²) in [6.07, 6.45) is 0. The average Bonchev–Trinajstić information content (AvgIpc) is 3.18. The van der Waals surface area contributed by atoms with Gasteiger partial charge < -0.3 is 15.0 Å². The Morgan fingerprint density at radius 3 is 2.69 bits per heavy atom. The lowest BCUT2D eigenvalue weighted by Crippen LogP contribution is -2.07. The standard InChI is InChI=1S/C19H20FN3O2S/c1-4-25-18(24)17-12(3)22-11(2)16(17)15-10-26-19(23-15)21-9-13-5-7-14(20)8-6-13/h5-8,10,22H,4,9H2,1-3H3,(H,21,23). The number of hydrogen-bond acceptors (Lipinski definition) is 5. The number of aromatic amines is 1. The zero-order valence-corrected chi connectivity index (χ0v) is 15.7. The number of nitrogens with one attached hydrogen (secondary N) is 2. The Morgan fingerprint density at radius 2 is 2.00 bits per heavy atom. The number of carbonyl (C=O) groups is 1. The number of benzene rings is 1. The van der Waals surface area contributed by atoms with E-state index in [0.717, 1.165) is 33.3 Å². The van der Waals surface area contributed by atoms with Crippen LogP contribution in [-0.2, 0) is 11.3 Å². The van der Waals surface area contributed by atoms with E-state index >= 15 is 0 Å². The van der Waals surface area contributed by atoms with E-state index in [2.05, 4.69) is 15.3 Å². The van der Waals surface area contributed by atoms with Crippen LogP contribution in [0.2, 0.25) is 0 Å². The van der Waals surface area contributed by atoms with E-state index < -0.39 is 0 Å². The summed E-state index contributed by atoms with van der Waals surface area (Å²) in [4.78, 5) is 20.1. The summed E-state index contributed by atoms with van der Waals surface area (Å²) >= 11 is 1.46. The number of thiazole rings is 1. The Morgan fingerprint density at radius 1 is 1.27 bits per heavy atom. The van der Waals surface area contributed by atoms with Crippen molar-refractivity contribution in [3.05, 3.63) is 58.0 Å². The first-order chi connectivity index (χ1) is 12.5. The highest BCUT2D eigenvalue weighted by molar-refractivity contribution is 7.14. The van der Waals surface area contributed by atoms with Crippen LogP contribution in [0.15, 0.2) is 29.6 Å². The number of aromatic nitrogens is 2. The van der Waals surface area contributed by atoms with Gasteiger partial charge in [0, 0.05) is 28.9 Å². The normalized spacial score (nSPS) is 10.8. The summed E-state index contributed by atoms with van der Waals surface area (Å²) < 4.78 is 18.1. The number of H-pyrrole nitrogens is 1. The summed E-state index contributed by atoms with van der Waals surface area (Å²) in [5, 5.41) is 5.87. The molecule has 0 saturated heterocycles. The zero-order valence-electron chi connectivity index (χ0n) is 14.9. The Bertz CT molecular complexity index is 916. The van der Waals surface area contributed by atoms with Crippen molar-refractivity contribution < 1.29 is 13.9 Å². The van der Waals surface area contributed by atoms with Crippen molar-refractivity contribution in [3.63, 3.8) is 0 Å². The number of aryl methyl sites for hydroxylation is 2. The molecule has 0 aliphatic heterocycles. The van der Waals surface area contributed by atoms with Crippen molar-refractivity contribution >= 4 is 22.4 Å². The van der Waals surface area contributed by atoms with Crippen LogP contribution in [0.3, 0.4) is 0 Å². The molecule has 0 radical (unpaired) electrons. The third kappa shape index (κ3) is 3.77. The van der Waals surface area contributed by atoms with Crippen LogP contribution in [0.4, 0.5) is 9.52 Å². The van der Waals surface area contributed by atoms with Crippen LogP contribution in [0.1, 0.15) is 34.2 Å². The molecule has 1 aromatic carbocycles. The highest BCUT2D eigenvalue weighted by Gasteiger charge is 2.23. The fourth-order valence-electron chi connectivity index (χ4n) is 2.81. The van der Waals surface area contributed by atoms with E-state index in [1.807, 2.05) is 19.2 Å². The molecule has 2 aromatic heterocycles. The molecule has 136 valence electrons. The molecule has 26 heavy (non-hydrogen) atoms. The lowest BCUT2D eigenvalue weighted by molar-refractivity contribution is 0.0526. The number of halogens is 1. The Kier molecular flexibility index (Phi) is 5.37. The SMILES string of the molecule is CCOC(=O)c1c(C)[nH]c(C)c1-c1csc(NCc2ccc(F)cc2)n1. The van der Waals surface area contributed by atoms with Gasteiger partial charge in [0.1, 0.15) is 5.82 Å². The van der Waals surface area contributed by atoms with Gasteiger partial charge in [-0.25, -0.2) is 14.2 Å². The first-order valence-corrected chi connectivity index (χ1v) is 9.18. The monoisotopic (exact) mass is 373 g/mol. The van der Waals surface area contributed by atoms with Crippen molar-refractivity contribution in [3.8, 4) is 11.3 Å². The van der Waals surface area contributed by atoms with Gasteiger partial charge in [0.15, 0.2) is 5.13 Å². The summed E-state index contributed by atoms with van der Waals surface area (Å²) in [6.45, 7) is 6.41. The largest absolute Gasteiger partial charge is 0.462 e. The van der Waals surface area contributed by atoms with Crippen LogP contribution in [0.25, 0.3) is 11.3 Å². The maximum atomic E-state index is 13.0. The van der Waals surface area contributed by atoms with Gasteiger partial charge in [0.2, 0.25) is 0 Å². The number of carbonyl (C=O) groups excluding carboxylic acids is 1. The van der Waals surface area contributed by atoms with E-state index in [0.29, 0.717) is 18.7 Å². The van der Waals surface area contributed by atoms with Gasteiger partial charge in [0.05, 0.1) is 17.9 Å². The molecule has 0 saturated carbocycles. The quantitative estimate of drug-likeness (QED) is 0.616. The molecule has 2 heterocycles. The Hall–Kier alpha value is -2.67. The topological polar surface area (TPSA) is 67.0 Å². The van der Waals surface area contributed by atoms with Gasteiger partial charge in [-0.1, -0.05) is 12.1 Å². The summed E-state index contributed by atoms with van der Waals surface area (Å²) in [5.74, 6) is -0.603. The highest BCUT2D eigenvalue weighted by atomic mass is 32.1. The first-order valence-electron chi connectivity index (χ1n) is 8.30. The maximum absolute atomic E-state index is 13.0. The van der Waals surface area contributed by atoms with Gasteiger partial charge in [-0.2, -0.15) is 0 Å². The first kappa shape index (κ1) is 18.1. The molecule has 0 atom stereocenters. The second kappa shape index (κ2) is 7.70. The number of nitrogens with zero attached hydrogens (tertiary/aromatic N) is 1. The van der Waals surface area contributed by atoms with Crippen LogP contribution < -0.4 is 5.32 Å². The predicted molar refractivity (Wildman–Crippen MR) is 101 cm³/mol. The fourth-order valence-corrected chi connectivity index (χ4v) is 3.51. The van der Waals surface area contributed by atoms with E-state index in [9.17, 15) is 9.18 Å². The summed E-state index contributed by atoms with van der Waals surface area (Å²) in [6, 6.07) is 6.33. The van der Waals surface area contributed by atoms with Crippen molar-refractivity contribution in [2.24, 2.45) is 0 Å². The molecular formula is C19H20FN3O2S. The molecule has 0 aliphatic rings. The van der Waals surface area contributed by atoms with Crippen molar-refractivity contribution in [2.75, 3.05) is 11.9 Å². The molecule has 2 N–H and O–H groups in total. The Labute approximate surface area is 155 Å². The molecule has 0 unspecified atom stereocenters. The predicted octanol–water partition coefficient (Wildman–Crippen LogP) is 4.68. The number of ether oxygens (including phenoxy) is 1. The van der Waals surface area contributed by atoms with Gasteiger partial charge in [0.25, 0.3) is 0 Å². The van der Waals surface area contributed by atoms with E-state index in [1.54, 1.807) is 19.1 Å². The molecule has 0 fully saturated rings. The third-order valence-electron chi connectivity index (χ3n) is 3.97. The molecule has 3 rings (SSSR count). The molecule has 3 aromatic rings. The van der Waals surface area contributed by atoms with Gasteiger partial charge >= 0.3 is 5.97 Å². The second-order valence-electron chi connectivity index (χ2n) is 5.86. The van der Waals surface area contributed by atoms with E-state index in [1.165, 1.54) is 23.5 Å². The van der Waals surface area contributed by atoms with E-state index in [4.69, 9.17) is 4.74 Å². The molecule has 0 aliphatic carbocycles. The minimum Gasteiger partial charge on any atom is -0.462 e. The van der Waals surface area contributed by atoms with Gasteiger partial charge in [-0.3, -0.25) is 0 Å². The molecule has 0 bridgehead atoms.